The van der Waals surface area contributed by atoms with Gasteiger partial charge in [-0.05, 0) is 19.8 Å². The fourth-order valence-electron chi connectivity index (χ4n) is 2.34. The molecular formula is C13H21N5O3. The highest BCUT2D eigenvalue weighted by Crippen LogP contribution is 2.16. The molecule has 116 valence electrons. The van der Waals surface area contributed by atoms with Crippen molar-refractivity contribution in [2.24, 2.45) is 5.73 Å². The molecule has 8 nitrogen and oxygen atoms in total. The van der Waals surface area contributed by atoms with Gasteiger partial charge in [0, 0.05) is 25.3 Å². The smallest absolute Gasteiger partial charge is 0.409 e. The third kappa shape index (κ3) is 4.37. The normalized spacial score (nSPS) is 15.8. The molecule has 0 saturated carbocycles. The van der Waals surface area contributed by atoms with Crippen molar-refractivity contribution in [1.29, 1.82) is 0 Å². The van der Waals surface area contributed by atoms with Gasteiger partial charge >= 0.3 is 6.09 Å². The van der Waals surface area contributed by atoms with Gasteiger partial charge in [0.2, 0.25) is 5.91 Å². The number of anilines is 1. The number of carbonyl (C=O) groups is 2. The van der Waals surface area contributed by atoms with E-state index in [0.717, 1.165) is 18.5 Å². The lowest BCUT2D eigenvalue weighted by Crippen LogP contribution is -2.42. The van der Waals surface area contributed by atoms with Crippen LogP contribution in [-0.4, -0.2) is 52.4 Å². The van der Waals surface area contributed by atoms with E-state index >= 15 is 0 Å². The number of likely N-dealkylation sites (tertiary alicyclic amines) is 1. The Morgan fingerprint density at radius 1 is 1.48 bits per heavy atom. The molecule has 0 aliphatic carbocycles. The highest BCUT2D eigenvalue weighted by atomic mass is 16.6. The van der Waals surface area contributed by atoms with E-state index < -0.39 is 5.91 Å². The maximum absolute atomic E-state index is 11.6. The summed E-state index contributed by atoms with van der Waals surface area (Å²) < 4.78 is 6.48. The Balaban J connectivity index is 1.79. The summed E-state index contributed by atoms with van der Waals surface area (Å²) >= 11 is 0. The molecule has 1 saturated heterocycles. The minimum absolute atomic E-state index is 0.0724. The van der Waals surface area contributed by atoms with E-state index in [2.05, 4.69) is 10.4 Å². The first-order valence-electron chi connectivity index (χ1n) is 7.07. The van der Waals surface area contributed by atoms with Crippen molar-refractivity contribution in [2.75, 3.05) is 25.0 Å². The van der Waals surface area contributed by atoms with E-state index in [0.29, 0.717) is 19.7 Å². The van der Waals surface area contributed by atoms with Crippen LogP contribution in [0.4, 0.5) is 10.5 Å². The molecule has 1 aromatic rings. The summed E-state index contributed by atoms with van der Waals surface area (Å²) in [4.78, 5) is 24.1. The summed E-state index contributed by atoms with van der Waals surface area (Å²) in [6, 6.07) is 0.280. The summed E-state index contributed by atoms with van der Waals surface area (Å²) in [5.74, 6) is -0.424. The summed E-state index contributed by atoms with van der Waals surface area (Å²) in [6.07, 6.45) is 4.87. The minimum atomic E-state index is -0.424. The molecule has 2 amide bonds. The van der Waals surface area contributed by atoms with Crippen LogP contribution in [0.2, 0.25) is 0 Å². The first-order chi connectivity index (χ1) is 10.1. The number of amides is 2. The van der Waals surface area contributed by atoms with Crippen LogP contribution in [0.1, 0.15) is 19.8 Å². The van der Waals surface area contributed by atoms with Crippen molar-refractivity contribution >= 4 is 17.7 Å². The zero-order valence-electron chi connectivity index (χ0n) is 12.1. The van der Waals surface area contributed by atoms with Crippen LogP contribution in [0, 0.1) is 0 Å². The predicted octanol–water partition coefficient (Wildman–Crippen LogP) is 0.401. The van der Waals surface area contributed by atoms with Gasteiger partial charge in [-0.2, -0.15) is 5.10 Å². The lowest BCUT2D eigenvalue weighted by atomic mass is 10.1. The molecule has 0 aromatic carbocycles. The third-order valence-corrected chi connectivity index (χ3v) is 3.34. The number of nitrogens with two attached hydrogens (primary N) is 1. The molecule has 8 heteroatoms. The Morgan fingerprint density at radius 3 is 2.81 bits per heavy atom. The number of piperidine rings is 1. The number of carbonyl (C=O) groups excluding carboxylic acids is 2. The van der Waals surface area contributed by atoms with Crippen molar-refractivity contribution in [3.05, 3.63) is 12.4 Å². The Morgan fingerprint density at radius 2 is 2.19 bits per heavy atom. The first-order valence-corrected chi connectivity index (χ1v) is 7.07. The minimum Gasteiger partial charge on any atom is -0.450 e. The van der Waals surface area contributed by atoms with Crippen molar-refractivity contribution in [1.82, 2.24) is 14.7 Å². The largest absolute Gasteiger partial charge is 0.450 e. The number of hydrogen-bond acceptors (Lipinski definition) is 5. The molecule has 2 heterocycles. The fourth-order valence-corrected chi connectivity index (χ4v) is 2.34. The zero-order valence-corrected chi connectivity index (χ0v) is 12.1. The molecule has 1 fully saturated rings. The van der Waals surface area contributed by atoms with Crippen LogP contribution in [0.25, 0.3) is 0 Å². The van der Waals surface area contributed by atoms with E-state index in [1.54, 1.807) is 24.2 Å². The second kappa shape index (κ2) is 6.96. The van der Waals surface area contributed by atoms with Crippen molar-refractivity contribution in [2.45, 2.75) is 32.4 Å². The molecule has 3 N–H and O–H groups in total. The molecule has 0 atom stereocenters. The summed E-state index contributed by atoms with van der Waals surface area (Å²) in [6.45, 7) is 3.62. The molecule has 0 spiro atoms. The number of hydrogen-bond donors (Lipinski definition) is 2. The fraction of sp³-hybridized carbons (Fsp3) is 0.615. The molecular weight excluding hydrogens is 274 g/mol. The van der Waals surface area contributed by atoms with Crippen LogP contribution in [0.15, 0.2) is 12.4 Å². The van der Waals surface area contributed by atoms with Gasteiger partial charge < -0.3 is 20.7 Å². The third-order valence-electron chi connectivity index (χ3n) is 3.34. The van der Waals surface area contributed by atoms with Crippen LogP contribution >= 0.6 is 0 Å². The zero-order chi connectivity index (χ0) is 15.2. The van der Waals surface area contributed by atoms with E-state index in [-0.39, 0.29) is 18.7 Å². The molecule has 1 aromatic heterocycles. The van der Waals surface area contributed by atoms with Crippen LogP contribution in [-0.2, 0) is 16.1 Å². The van der Waals surface area contributed by atoms with Gasteiger partial charge in [0.15, 0.2) is 0 Å². The molecule has 0 bridgehead atoms. The van der Waals surface area contributed by atoms with Crippen molar-refractivity contribution in [3.63, 3.8) is 0 Å². The Hall–Kier alpha value is -2.25. The van der Waals surface area contributed by atoms with Crippen LogP contribution < -0.4 is 11.1 Å². The molecule has 0 radical (unpaired) electrons. The van der Waals surface area contributed by atoms with Gasteiger partial charge in [0.1, 0.15) is 6.54 Å². The number of rotatable bonds is 5. The number of nitrogens with one attached hydrogen (secondary N) is 1. The van der Waals surface area contributed by atoms with Gasteiger partial charge in [0.05, 0.1) is 18.5 Å². The van der Waals surface area contributed by atoms with Gasteiger partial charge in [-0.15, -0.1) is 0 Å². The van der Waals surface area contributed by atoms with E-state index in [9.17, 15) is 9.59 Å². The molecule has 0 unspecified atom stereocenters. The second-order valence-corrected chi connectivity index (χ2v) is 5.00. The van der Waals surface area contributed by atoms with E-state index in [1.807, 2.05) is 0 Å². The molecule has 1 aliphatic rings. The maximum atomic E-state index is 11.6. The Labute approximate surface area is 123 Å². The van der Waals surface area contributed by atoms with Gasteiger partial charge in [-0.25, -0.2) is 4.79 Å². The average Bonchev–Trinajstić information content (AvgIpc) is 2.86. The summed E-state index contributed by atoms with van der Waals surface area (Å²) in [5, 5.41) is 7.41. The quantitative estimate of drug-likeness (QED) is 0.818. The summed E-state index contributed by atoms with van der Waals surface area (Å²) in [7, 11) is 0. The molecule has 21 heavy (non-hydrogen) atoms. The number of nitrogens with zero attached hydrogens (tertiary/aromatic N) is 3. The number of ether oxygens (including phenoxy) is 1. The predicted molar refractivity (Wildman–Crippen MR) is 76.7 cm³/mol. The topological polar surface area (TPSA) is 102 Å². The van der Waals surface area contributed by atoms with Crippen molar-refractivity contribution in [3.8, 4) is 0 Å². The van der Waals surface area contributed by atoms with Crippen molar-refractivity contribution < 1.29 is 14.3 Å². The number of aromatic nitrogens is 2. The monoisotopic (exact) mass is 295 g/mol. The SMILES string of the molecule is CCOC(=O)N1CCC(Nc2cnn(CC(N)=O)c2)CC1. The lowest BCUT2D eigenvalue weighted by Gasteiger charge is -2.31. The Bertz CT molecular complexity index is 494. The first kappa shape index (κ1) is 15.1. The standard InChI is InChI=1S/C13H21N5O3/c1-2-21-13(20)17-5-3-10(4-6-17)16-11-7-15-18(8-11)9-12(14)19/h7-8,10,16H,2-6,9H2,1H3,(H2,14,19). The highest BCUT2D eigenvalue weighted by Gasteiger charge is 2.23. The van der Waals surface area contributed by atoms with Gasteiger partial charge in [0.25, 0.3) is 0 Å². The number of primary amides is 1. The maximum Gasteiger partial charge on any atom is 0.409 e. The van der Waals surface area contributed by atoms with E-state index in [1.165, 1.54) is 4.68 Å². The van der Waals surface area contributed by atoms with E-state index in [4.69, 9.17) is 10.5 Å². The summed E-state index contributed by atoms with van der Waals surface area (Å²) in [5.41, 5.74) is 5.97. The molecule has 1 aliphatic heterocycles. The van der Waals surface area contributed by atoms with Crippen LogP contribution in [0.3, 0.4) is 0 Å². The lowest BCUT2D eigenvalue weighted by molar-refractivity contribution is -0.118. The molecule has 2 rings (SSSR count). The highest BCUT2D eigenvalue weighted by molar-refractivity contribution is 5.73. The second-order valence-electron chi connectivity index (χ2n) is 5.00. The average molecular weight is 295 g/mol. The Kier molecular flexibility index (Phi) is 5.02. The van der Waals surface area contributed by atoms with Crippen LogP contribution in [0.5, 0.6) is 0 Å². The van der Waals surface area contributed by atoms with Gasteiger partial charge in [-0.1, -0.05) is 0 Å². The van der Waals surface area contributed by atoms with Gasteiger partial charge in [-0.3, -0.25) is 9.48 Å².